The van der Waals surface area contributed by atoms with Gasteiger partial charge in [-0.05, 0) is 43.0 Å². The zero-order valence-corrected chi connectivity index (χ0v) is 13.6. The third-order valence-electron chi connectivity index (χ3n) is 4.11. The molecule has 0 saturated heterocycles. The maximum atomic E-state index is 12.0. The van der Waals surface area contributed by atoms with E-state index in [1.807, 2.05) is 0 Å². The molecule has 6 nitrogen and oxygen atoms in total. The molecule has 0 radical (unpaired) electrons. The van der Waals surface area contributed by atoms with E-state index in [2.05, 4.69) is 22.3 Å². The van der Waals surface area contributed by atoms with Gasteiger partial charge in [-0.2, -0.15) is 0 Å². The second-order valence-electron chi connectivity index (χ2n) is 5.87. The van der Waals surface area contributed by atoms with Gasteiger partial charge in [0.05, 0.1) is 7.11 Å². The number of benzene rings is 1. The summed E-state index contributed by atoms with van der Waals surface area (Å²) in [6.07, 6.45) is 4.10. The highest BCUT2D eigenvalue weighted by atomic mass is 16.5. The summed E-state index contributed by atoms with van der Waals surface area (Å²) in [7, 11) is 1.30. The summed E-state index contributed by atoms with van der Waals surface area (Å²) in [5, 5.41) is 5.59. The van der Waals surface area contributed by atoms with Crippen LogP contribution in [0.25, 0.3) is 0 Å². The molecule has 2 rings (SSSR count). The highest BCUT2D eigenvalue weighted by Gasteiger charge is 2.22. The Bertz CT molecular complexity index is 530. The van der Waals surface area contributed by atoms with E-state index >= 15 is 0 Å². The lowest BCUT2D eigenvalue weighted by Gasteiger charge is -2.29. The second kappa shape index (κ2) is 8.41. The minimum atomic E-state index is -0.528. The van der Waals surface area contributed by atoms with Crippen molar-refractivity contribution in [2.75, 3.05) is 19.0 Å². The number of amides is 2. The van der Waals surface area contributed by atoms with Crippen molar-refractivity contribution in [1.29, 1.82) is 0 Å². The molecule has 6 heteroatoms. The van der Waals surface area contributed by atoms with Gasteiger partial charge in [0.25, 0.3) is 5.91 Å². The van der Waals surface area contributed by atoms with Crippen LogP contribution in [-0.2, 0) is 9.53 Å². The number of rotatable bonds is 5. The molecule has 1 aromatic carbocycles. The molecular formula is C17H24N2O4. The lowest BCUT2D eigenvalue weighted by molar-refractivity contribution is -0.124. The van der Waals surface area contributed by atoms with Crippen LogP contribution in [-0.4, -0.2) is 31.8 Å². The fourth-order valence-electron chi connectivity index (χ4n) is 2.73. The molecule has 2 amide bonds. The summed E-state index contributed by atoms with van der Waals surface area (Å²) in [6.45, 7) is 2.17. The van der Waals surface area contributed by atoms with Gasteiger partial charge in [0.1, 0.15) is 5.75 Å². The Balaban J connectivity index is 1.76. The van der Waals surface area contributed by atoms with Gasteiger partial charge in [0.15, 0.2) is 6.61 Å². The average molecular weight is 320 g/mol. The van der Waals surface area contributed by atoms with Gasteiger partial charge < -0.3 is 14.8 Å². The molecule has 126 valence electrons. The zero-order valence-electron chi connectivity index (χ0n) is 13.6. The van der Waals surface area contributed by atoms with Crippen molar-refractivity contribution in [3.8, 4) is 5.75 Å². The summed E-state index contributed by atoms with van der Waals surface area (Å²) in [6, 6.07) is 7.02. The number of carbonyl (C=O) groups is 2. The van der Waals surface area contributed by atoms with Crippen LogP contribution in [0.5, 0.6) is 5.75 Å². The summed E-state index contributed by atoms with van der Waals surface area (Å²) >= 11 is 0. The SMILES string of the molecule is COC(=O)Nc1ccc(OCC(=O)N[C@@H]2CCCC[C@@H]2C)cc1. The maximum Gasteiger partial charge on any atom is 0.411 e. The fourth-order valence-corrected chi connectivity index (χ4v) is 2.73. The molecule has 0 heterocycles. The number of methoxy groups -OCH3 is 1. The van der Waals surface area contributed by atoms with Crippen LogP contribution in [0.4, 0.5) is 10.5 Å². The summed E-state index contributed by atoms with van der Waals surface area (Å²) < 4.78 is 9.98. The minimum Gasteiger partial charge on any atom is -0.484 e. The quantitative estimate of drug-likeness (QED) is 0.874. The van der Waals surface area contributed by atoms with Crippen LogP contribution >= 0.6 is 0 Å². The van der Waals surface area contributed by atoms with Crippen LogP contribution in [0, 0.1) is 5.92 Å². The first-order valence-electron chi connectivity index (χ1n) is 7.95. The Morgan fingerprint density at radius 1 is 1.17 bits per heavy atom. The zero-order chi connectivity index (χ0) is 16.7. The molecule has 1 aromatic rings. The molecule has 1 aliphatic rings. The van der Waals surface area contributed by atoms with Crippen LogP contribution in [0.1, 0.15) is 32.6 Å². The monoisotopic (exact) mass is 320 g/mol. The molecular weight excluding hydrogens is 296 g/mol. The van der Waals surface area contributed by atoms with Gasteiger partial charge in [0, 0.05) is 11.7 Å². The number of carbonyl (C=O) groups excluding carboxylic acids is 2. The van der Waals surface area contributed by atoms with Gasteiger partial charge in [0.2, 0.25) is 0 Å². The summed E-state index contributed by atoms with van der Waals surface area (Å²) in [4.78, 5) is 23.1. The van der Waals surface area contributed by atoms with Gasteiger partial charge in [-0.3, -0.25) is 10.1 Å². The summed E-state index contributed by atoms with van der Waals surface area (Å²) in [5.41, 5.74) is 0.602. The van der Waals surface area contributed by atoms with Crippen molar-refractivity contribution in [3.05, 3.63) is 24.3 Å². The molecule has 2 atom stereocenters. The van der Waals surface area contributed by atoms with Crippen LogP contribution in [0.15, 0.2) is 24.3 Å². The molecule has 2 N–H and O–H groups in total. The van der Waals surface area contributed by atoms with Crippen LogP contribution in [0.2, 0.25) is 0 Å². The molecule has 0 spiro atoms. The Morgan fingerprint density at radius 2 is 1.87 bits per heavy atom. The number of ether oxygens (including phenoxy) is 2. The van der Waals surface area contributed by atoms with Crippen molar-refractivity contribution >= 4 is 17.7 Å². The van der Waals surface area contributed by atoms with E-state index in [1.54, 1.807) is 24.3 Å². The van der Waals surface area contributed by atoms with Crippen molar-refractivity contribution < 1.29 is 19.1 Å². The lowest BCUT2D eigenvalue weighted by atomic mass is 9.86. The Labute approximate surface area is 136 Å². The lowest BCUT2D eigenvalue weighted by Crippen LogP contribution is -2.43. The molecule has 0 bridgehead atoms. The highest BCUT2D eigenvalue weighted by molar-refractivity contribution is 5.84. The van der Waals surface area contributed by atoms with Crippen molar-refractivity contribution in [3.63, 3.8) is 0 Å². The van der Waals surface area contributed by atoms with E-state index in [9.17, 15) is 9.59 Å². The van der Waals surface area contributed by atoms with Crippen LogP contribution < -0.4 is 15.4 Å². The average Bonchev–Trinajstić information content (AvgIpc) is 2.56. The predicted octanol–water partition coefficient (Wildman–Crippen LogP) is 2.94. The largest absolute Gasteiger partial charge is 0.484 e. The third-order valence-corrected chi connectivity index (χ3v) is 4.11. The Kier molecular flexibility index (Phi) is 6.26. The Morgan fingerprint density at radius 3 is 2.52 bits per heavy atom. The van der Waals surface area contributed by atoms with Gasteiger partial charge in [-0.25, -0.2) is 4.79 Å². The third kappa shape index (κ3) is 5.47. The van der Waals surface area contributed by atoms with E-state index < -0.39 is 6.09 Å². The topological polar surface area (TPSA) is 76.7 Å². The Hall–Kier alpha value is -2.24. The molecule has 1 aliphatic carbocycles. The molecule has 0 unspecified atom stereocenters. The van der Waals surface area contributed by atoms with Crippen molar-refractivity contribution in [2.24, 2.45) is 5.92 Å². The first-order chi connectivity index (χ1) is 11.1. The highest BCUT2D eigenvalue weighted by Crippen LogP contribution is 2.23. The standard InChI is InChI=1S/C17H24N2O4/c1-12-5-3-4-6-15(12)19-16(20)11-23-14-9-7-13(8-10-14)18-17(21)22-2/h7-10,12,15H,3-6,11H2,1-2H3,(H,18,21)(H,19,20)/t12-,15+/m0/s1. The number of anilines is 1. The maximum absolute atomic E-state index is 12.0. The van der Waals surface area contributed by atoms with Gasteiger partial charge in [-0.15, -0.1) is 0 Å². The minimum absolute atomic E-state index is 0.00695. The summed E-state index contributed by atoms with van der Waals surface area (Å²) in [5.74, 6) is 1.00. The van der Waals surface area contributed by atoms with Gasteiger partial charge in [-0.1, -0.05) is 19.8 Å². The van der Waals surface area contributed by atoms with E-state index in [4.69, 9.17) is 4.74 Å². The van der Waals surface area contributed by atoms with E-state index in [-0.39, 0.29) is 18.6 Å². The molecule has 23 heavy (non-hydrogen) atoms. The molecule has 0 aromatic heterocycles. The smallest absolute Gasteiger partial charge is 0.411 e. The predicted molar refractivity (Wildman–Crippen MR) is 87.5 cm³/mol. The molecule has 1 fully saturated rings. The first-order valence-corrected chi connectivity index (χ1v) is 7.95. The second-order valence-corrected chi connectivity index (χ2v) is 5.87. The number of hydrogen-bond donors (Lipinski definition) is 2. The van der Waals surface area contributed by atoms with Gasteiger partial charge >= 0.3 is 6.09 Å². The van der Waals surface area contributed by atoms with Crippen molar-refractivity contribution in [2.45, 2.75) is 38.6 Å². The number of hydrogen-bond acceptors (Lipinski definition) is 4. The van der Waals surface area contributed by atoms with E-state index in [0.717, 1.165) is 6.42 Å². The first kappa shape index (κ1) is 17.1. The van der Waals surface area contributed by atoms with E-state index in [1.165, 1.54) is 26.4 Å². The fraction of sp³-hybridized carbons (Fsp3) is 0.529. The van der Waals surface area contributed by atoms with Crippen LogP contribution in [0.3, 0.4) is 0 Å². The van der Waals surface area contributed by atoms with Crippen molar-refractivity contribution in [1.82, 2.24) is 5.32 Å². The number of nitrogens with one attached hydrogen (secondary N) is 2. The normalized spacial score (nSPS) is 20.4. The van der Waals surface area contributed by atoms with E-state index in [0.29, 0.717) is 17.4 Å². The molecule has 0 aliphatic heterocycles. The molecule has 1 saturated carbocycles.